The minimum atomic E-state index is -0.176. The second kappa shape index (κ2) is 9.13. The number of hydrogen-bond acceptors (Lipinski definition) is 6. The number of benzene rings is 1. The lowest BCUT2D eigenvalue weighted by molar-refractivity contribution is 0.0577. The van der Waals surface area contributed by atoms with Crippen LogP contribution < -0.4 is 5.32 Å². The maximum atomic E-state index is 14.0. The second-order valence-corrected chi connectivity index (χ2v) is 12.2. The van der Waals surface area contributed by atoms with Gasteiger partial charge >= 0.3 is 0 Å². The van der Waals surface area contributed by atoms with Gasteiger partial charge in [-0.3, -0.25) is 14.0 Å². The molecule has 2 fully saturated rings. The van der Waals surface area contributed by atoms with Crippen molar-refractivity contribution >= 4 is 62.7 Å². The zero-order chi connectivity index (χ0) is 25.1. The first-order chi connectivity index (χ1) is 17.3. The molecular weight excluding hydrogens is 537 g/mol. The third-order valence-electron chi connectivity index (χ3n) is 7.23. The Kier molecular flexibility index (Phi) is 6.06. The number of nitrogens with zero attached hydrogens (tertiary/aromatic N) is 4. The van der Waals surface area contributed by atoms with E-state index in [1.165, 1.54) is 22.7 Å². The van der Waals surface area contributed by atoms with Gasteiger partial charge in [0.05, 0.1) is 31.7 Å². The molecular formula is C25H23Cl2N5O2S2. The largest absolute Gasteiger partial charge is 0.349 e. The van der Waals surface area contributed by atoms with Crippen LogP contribution in [0.1, 0.15) is 50.9 Å². The fourth-order valence-electron chi connectivity index (χ4n) is 5.68. The lowest BCUT2D eigenvalue weighted by Gasteiger charge is -2.35. The summed E-state index contributed by atoms with van der Waals surface area (Å²) >= 11 is 15.7. The number of halogens is 2. The van der Waals surface area contributed by atoms with E-state index in [1.54, 1.807) is 6.07 Å². The number of likely N-dealkylation sites (tertiary alicyclic amines) is 1. The number of aryl methyl sites for hydroxylation is 2. The van der Waals surface area contributed by atoms with Gasteiger partial charge in [-0.2, -0.15) is 0 Å². The minimum absolute atomic E-state index is 0.0870. The van der Waals surface area contributed by atoms with Crippen molar-refractivity contribution in [1.82, 2.24) is 24.6 Å². The molecule has 3 atom stereocenters. The van der Waals surface area contributed by atoms with Crippen LogP contribution in [-0.2, 0) is 0 Å². The van der Waals surface area contributed by atoms with Crippen molar-refractivity contribution in [2.75, 3.05) is 6.54 Å². The van der Waals surface area contributed by atoms with Gasteiger partial charge in [0.15, 0.2) is 4.96 Å². The summed E-state index contributed by atoms with van der Waals surface area (Å²) in [5.41, 5.74) is 2.35. The van der Waals surface area contributed by atoms with Crippen LogP contribution in [0.5, 0.6) is 0 Å². The van der Waals surface area contributed by atoms with Crippen LogP contribution in [-0.4, -0.2) is 49.7 Å². The number of piperidine rings is 1. The standard InChI is InChI=1S/C25H23Cl2N5O2S2/c1-12-21(31-8-9-35-25(31)29-12)23(33)28-11-18-14-6-7-15(10-14)32(18)24(34)20-22(36-13(2)30-20)16-4-3-5-17(26)19(16)27/h3-5,8-9,14-15,18H,6-7,10-11H2,1-2H3,(H,28,33)/t14-,15+,18+/m0/s1. The number of nitrogens with one attached hydrogen (secondary N) is 1. The van der Waals surface area contributed by atoms with Crippen molar-refractivity contribution in [1.29, 1.82) is 0 Å². The molecule has 1 saturated carbocycles. The zero-order valence-corrected chi connectivity index (χ0v) is 22.8. The van der Waals surface area contributed by atoms with Gasteiger partial charge in [0.1, 0.15) is 11.4 Å². The summed E-state index contributed by atoms with van der Waals surface area (Å²) in [5, 5.41) is 6.65. The molecule has 36 heavy (non-hydrogen) atoms. The molecule has 2 aliphatic rings. The Balaban J connectivity index is 1.28. The Bertz CT molecular complexity index is 1510. The molecule has 4 heterocycles. The SMILES string of the molecule is Cc1nc(C(=O)N2[C@@H]3CC[C@@H](C3)[C@H]2CNC(=O)c2c(C)nc3sccn23)c(-c2cccc(Cl)c2Cl)s1. The Morgan fingerprint density at radius 3 is 2.86 bits per heavy atom. The maximum Gasteiger partial charge on any atom is 0.274 e. The highest BCUT2D eigenvalue weighted by Crippen LogP contribution is 2.45. The van der Waals surface area contributed by atoms with Gasteiger partial charge in [-0.15, -0.1) is 22.7 Å². The van der Waals surface area contributed by atoms with Crippen LogP contribution in [0.2, 0.25) is 10.0 Å². The van der Waals surface area contributed by atoms with Crippen LogP contribution in [0.15, 0.2) is 29.8 Å². The predicted octanol–water partition coefficient (Wildman–Crippen LogP) is 5.87. The number of imidazole rings is 1. The Morgan fingerprint density at radius 1 is 1.19 bits per heavy atom. The number of carbonyl (C=O) groups is 2. The van der Waals surface area contributed by atoms with Crippen molar-refractivity contribution in [2.24, 2.45) is 5.92 Å². The lowest BCUT2D eigenvalue weighted by Crippen LogP contribution is -2.50. The number of thiazole rings is 2. The molecule has 2 amide bonds. The average Bonchev–Trinajstić information content (AvgIpc) is 3.65. The molecule has 1 aromatic carbocycles. The van der Waals surface area contributed by atoms with E-state index in [2.05, 4.69) is 15.3 Å². The second-order valence-electron chi connectivity index (χ2n) is 9.33. The molecule has 0 radical (unpaired) electrons. The van der Waals surface area contributed by atoms with Crippen molar-refractivity contribution in [3.05, 3.63) is 61.9 Å². The summed E-state index contributed by atoms with van der Waals surface area (Å²) in [6.45, 7) is 4.12. The molecule has 1 aliphatic carbocycles. The van der Waals surface area contributed by atoms with Gasteiger partial charge in [0.25, 0.3) is 11.8 Å². The zero-order valence-electron chi connectivity index (χ0n) is 19.6. The van der Waals surface area contributed by atoms with Crippen molar-refractivity contribution in [3.63, 3.8) is 0 Å². The van der Waals surface area contributed by atoms with Crippen LogP contribution in [0.25, 0.3) is 15.4 Å². The quantitative estimate of drug-likeness (QED) is 0.331. The average molecular weight is 561 g/mol. The monoisotopic (exact) mass is 559 g/mol. The smallest absolute Gasteiger partial charge is 0.274 e. The highest BCUT2D eigenvalue weighted by Gasteiger charge is 2.49. The van der Waals surface area contributed by atoms with Crippen molar-refractivity contribution < 1.29 is 9.59 Å². The fourth-order valence-corrected chi connectivity index (χ4v) is 7.83. The van der Waals surface area contributed by atoms with E-state index in [1.807, 2.05) is 46.9 Å². The van der Waals surface area contributed by atoms with Gasteiger partial charge in [-0.25, -0.2) is 9.97 Å². The van der Waals surface area contributed by atoms with Crippen LogP contribution in [0.4, 0.5) is 0 Å². The van der Waals surface area contributed by atoms with Crippen molar-refractivity contribution in [3.8, 4) is 10.4 Å². The highest BCUT2D eigenvalue weighted by atomic mass is 35.5. The molecule has 7 nitrogen and oxygen atoms in total. The van der Waals surface area contributed by atoms with E-state index in [0.29, 0.717) is 45.2 Å². The van der Waals surface area contributed by atoms with E-state index in [0.717, 1.165) is 34.1 Å². The first-order valence-electron chi connectivity index (χ1n) is 11.8. The molecule has 2 bridgehead atoms. The number of amides is 2. The molecule has 11 heteroatoms. The number of aromatic nitrogens is 3. The van der Waals surface area contributed by atoms with Gasteiger partial charge in [-0.1, -0.05) is 35.3 Å². The Morgan fingerprint density at radius 2 is 2.03 bits per heavy atom. The number of carbonyl (C=O) groups excluding carboxylic acids is 2. The normalized spacial score (nSPS) is 21.0. The molecule has 6 rings (SSSR count). The molecule has 1 aliphatic heterocycles. The van der Waals surface area contributed by atoms with Gasteiger partial charge in [0, 0.05) is 29.7 Å². The van der Waals surface area contributed by atoms with Gasteiger partial charge in [0.2, 0.25) is 0 Å². The van der Waals surface area contributed by atoms with Gasteiger partial charge in [-0.05, 0) is 45.1 Å². The Labute approximate surface area is 226 Å². The van der Waals surface area contributed by atoms with Crippen LogP contribution in [0.3, 0.4) is 0 Å². The molecule has 1 saturated heterocycles. The first-order valence-corrected chi connectivity index (χ1v) is 14.2. The molecule has 4 aromatic rings. The third-order valence-corrected chi connectivity index (χ3v) is 9.81. The summed E-state index contributed by atoms with van der Waals surface area (Å²) in [4.78, 5) is 39.7. The lowest BCUT2D eigenvalue weighted by atomic mass is 9.98. The number of rotatable bonds is 5. The van der Waals surface area contributed by atoms with E-state index in [4.69, 9.17) is 23.2 Å². The summed E-state index contributed by atoms with van der Waals surface area (Å²) < 4.78 is 1.82. The molecule has 0 unspecified atom stereocenters. The molecule has 3 aromatic heterocycles. The summed E-state index contributed by atoms with van der Waals surface area (Å²) in [5.74, 6) is 0.0620. The summed E-state index contributed by atoms with van der Waals surface area (Å²) in [6, 6.07) is 5.48. The van der Waals surface area contributed by atoms with Gasteiger partial charge < -0.3 is 10.2 Å². The fraction of sp³-hybridized carbons (Fsp3) is 0.360. The van der Waals surface area contributed by atoms with Crippen LogP contribution >= 0.6 is 45.9 Å². The molecule has 186 valence electrons. The van der Waals surface area contributed by atoms with E-state index < -0.39 is 0 Å². The van der Waals surface area contributed by atoms with Crippen LogP contribution in [0, 0.1) is 19.8 Å². The summed E-state index contributed by atoms with van der Waals surface area (Å²) in [7, 11) is 0. The molecule has 1 N–H and O–H groups in total. The predicted molar refractivity (Wildman–Crippen MR) is 144 cm³/mol. The topological polar surface area (TPSA) is 79.6 Å². The number of hydrogen-bond donors (Lipinski definition) is 1. The van der Waals surface area contributed by atoms with Crippen molar-refractivity contribution in [2.45, 2.75) is 45.2 Å². The Hall–Kier alpha value is -2.46. The number of fused-ring (bicyclic) bond motifs is 3. The highest BCUT2D eigenvalue weighted by molar-refractivity contribution is 7.15. The maximum absolute atomic E-state index is 14.0. The molecule has 0 spiro atoms. The van der Waals surface area contributed by atoms with E-state index in [-0.39, 0.29) is 23.9 Å². The third kappa shape index (κ3) is 3.84. The minimum Gasteiger partial charge on any atom is -0.349 e. The van der Waals surface area contributed by atoms with E-state index in [9.17, 15) is 9.59 Å². The summed E-state index contributed by atoms with van der Waals surface area (Å²) in [6.07, 6.45) is 4.82. The first kappa shape index (κ1) is 23.9. The van der Waals surface area contributed by atoms with E-state index >= 15 is 0 Å².